The lowest BCUT2D eigenvalue weighted by molar-refractivity contribution is 0.0999. The number of ketones is 1. The summed E-state index contributed by atoms with van der Waals surface area (Å²) in [5.74, 6) is -0.000738. The summed E-state index contributed by atoms with van der Waals surface area (Å²) in [6.07, 6.45) is 2.13. The number of halogens is 2. The molecule has 0 radical (unpaired) electrons. The van der Waals surface area contributed by atoms with E-state index >= 15 is 0 Å². The Bertz CT molecular complexity index is 684. The number of Topliss-reactive ketones (excluding diaryl/α,β-unsaturated/α-hetero) is 1. The number of nitrogens with zero attached hydrogens (tertiary/aromatic N) is 1. The highest BCUT2D eigenvalue weighted by Gasteiger charge is 2.20. The SMILES string of the molecule is O=C(CN1CCCc2ccccc21)c1cc(Cl)ccc1Cl. The molecule has 0 saturated heterocycles. The number of para-hydroxylation sites is 1. The van der Waals surface area contributed by atoms with Gasteiger partial charge in [-0.1, -0.05) is 41.4 Å². The summed E-state index contributed by atoms with van der Waals surface area (Å²) in [5, 5.41) is 0.983. The maximum absolute atomic E-state index is 12.5. The second kappa shape index (κ2) is 6.08. The molecule has 3 rings (SSSR count). The van der Waals surface area contributed by atoms with E-state index in [1.54, 1.807) is 18.2 Å². The van der Waals surface area contributed by atoms with Gasteiger partial charge in [-0.05, 0) is 42.7 Å². The zero-order chi connectivity index (χ0) is 14.8. The fourth-order valence-electron chi connectivity index (χ4n) is 2.75. The lowest BCUT2D eigenvalue weighted by Crippen LogP contribution is -2.34. The van der Waals surface area contributed by atoms with Crippen molar-refractivity contribution in [3.63, 3.8) is 0 Å². The predicted molar refractivity (Wildman–Crippen MR) is 87.8 cm³/mol. The van der Waals surface area contributed by atoms with Gasteiger partial charge in [0.05, 0.1) is 11.6 Å². The molecule has 0 fully saturated rings. The van der Waals surface area contributed by atoms with Crippen LogP contribution in [0.3, 0.4) is 0 Å². The van der Waals surface area contributed by atoms with E-state index < -0.39 is 0 Å². The number of carbonyl (C=O) groups excluding carboxylic acids is 1. The quantitative estimate of drug-likeness (QED) is 0.769. The van der Waals surface area contributed by atoms with Crippen LogP contribution in [0, 0.1) is 0 Å². The average molecular weight is 320 g/mol. The van der Waals surface area contributed by atoms with Gasteiger partial charge >= 0.3 is 0 Å². The molecule has 2 aromatic carbocycles. The Morgan fingerprint density at radius 1 is 1.14 bits per heavy atom. The minimum absolute atomic E-state index is 0.000738. The normalized spacial score (nSPS) is 13.9. The molecule has 21 heavy (non-hydrogen) atoms. The van der Waals surface area contributed by atoms with E-state index in [4.69, 9.17) is 23.2 Å². The van der Waals surface area contributed by atoms with E-state index in [1.807, 2.05) is 12.1 Å². The molecule has 4 heteroatoms. The Morgan fingerprint density at radius 2 is 1.95 bits per heavy atom. The Balaban J connectivity index is 1.84. The van der Waals surface area contributed by atoms with Crippen LogP contribution < -0.4 is 4.90 Å². The Morgan fingerprint density at radius 3 is 2.81 bits per heavy atom. The van der Waals surface area contributed by atoms with E-state index in [0.717, 1.165) is 25.1 Å². The van der Waals surface area contributed by atoms with Crippen molar-refractivity contribution in [2.45, 2.75) is 12.8 Å². The Labute approximate surface area is 134 Å². The van der Waals surface area contributed by atoms with E-state index in [1.165, 1.54) is 5.56 Å². The first kappa shape index (κ1) is 14.4. The minimum atomic E-state index is -0.000738. The van der Waals surface area contributed by atoms with Gasteiger partial charge in [0.25, 0.3) is 0 Å². The molecule has 108 valence electrons. The summed E-state index contributed by atoms with van der Waals surface area (Å²) in [6.45, 7) is 1.22. The Kier molecular flexibility index (Phi) is 4.18. The fraction of sp³-hybridized carbons (Fsp3) is 0.235. The van der Waals surface area contributed by atoms with Crippen molar-refractivity contribution in [3.8, 4) is 0 Å². The average Bonchev–Trinajstić information content (AvgIpc) is 2.50. The Hall–Kier alpha value is -1.51. The van der Waals surface area contributed by atoms with Crippen LogP contribution in [0.5, 0.6) is 0 Å². The summed E-state index contributed by atoms with van der Waals surface area (Å²) < 4.78 is 0. The molecule has 0 bridgehead atoms. The standard InChI is InChI=1S/C17H15Cl2NO/c18-13-7-8-15(19)14(10-13)17(21)11-20-9-3-5-12-4-1-2-6-16(12)20/h1-2,4,6-8,10H,3,5,9,11H2. The molecule has 0 atom stereocenters. The van der Waals surface area contributed by atoms with Crippen molar-refractivity contribution in [3.05, 3.63) is 63.6 Å². The fourth-order valence-corrected chi connectivity index (χ4v) is 3.14. The number of anilines is 1. The van der Waals surface area contributed by atoms with Gasteiger partial charge in [-0.15, -0.1) is 0 Å². The molecular formula is C17H15Cl2NO. The summed E-state index contributed by atoms with van der Waals surface area (Å²) in [4.78, 5) is 14.6. The molecule has 2 aromatic rings. The lowest BCUT2D eigenvalue weighted by Gasteiger charge is -2.30. The summed E-state index contributed by atoms with van der Waals surface area (Å²) in [5.41, 5.74) is 2.94. The molecule has 1 aliphatic heterocycles. The first-order chi connectivity index (χ1) is 10.1. The van der Waals surface area contributed by atoms with Gasteiger partial charge in [-0.25, -0.2) is 0 Å². The third-order valence-electron chi connectivity index (χ3n) is 3.77. The maximum Gasteiger partial charge on any atom is 0.183 e. The first-order valence-electron chi connectivity index (χ1n) is 6.96. The zero-order valence-electron chi connectivity index (χ0n) is 11.5. The van der Waals surface area contributed by atoms with E-state index in [9.17, 15) is 4.79 Å². The van der Waals surface area contributed by atoms with Gasteiger partial charge in [0, 0.05) is 22.8 Å². The van der Waals surface area contributed by atoms with Crippen molar-refractivity contribution >= 4 is 34.7 Å². The second-order valence-electron chi connectivity index (χ2n) is 5.20. The van der Waals surface area contributed by atoms with E-state index in [0.29, 0.717) is 22.2 Å². The summed E-state index contributed by atoms with van der Waals surface area (Å²) in [7, 11) is 0. The molecule has 1 heterocycles. The molecule has 0 amide bonds. The van der Waals surface area contributed by atoms with Crippen molar-refractivity contribution in [2.24, 2.45) is 0 Å². The first-order valence-corrected chi connectivity index (χ1v) is 7.72. The largest absolute Gasteiger partial charge is 0.364 e. The minimum Gasteiger partial charge on any atom is -0.364 e. The number of carbonyl (C=O) groups is 1. The monoisotopic (exact) mass is 319 g/mol. The highest BCUT2D eigenvalue weighted by Crippen LogP contribution is 2.28. The topological polar surface area (TPSA) is 20.3 Å². The zero-order valence-corrected chi connectivity index (χ0v) is 13.0. The highest BCUT2D eigenvalue weighted by molar-refractivity contribution is 6.36. The van der Waals surface area contributed by atoms with Gasteiger partial charge < -0.3 is 4.90 Å². The van der Waals surface area contributed by atoms with Crippen molar-refractivity contribution in [1.29, 1.82) is 0 Å². The highest BCUT2D eigenvalue weighted by atomic mass is 35.5. The van der Waals surface area contributed by atoms with Gasteiger partial charge in [-0.3, -0.25) is 4.79 Å². The second-order valence-corrected chi connectivity index (χ2v) is 6.04. The molecule has 0 unspecified atom stereocenters. The van der Waals surface area contributed by atoms with Gasteiger partial charge in [-0.2, -0.15) is 0 Å². The molecule has 2 nitrogen and oxygen atoms in total. The van der Waals surface area contributed by atoms with Crippen LogP contribution in [0.2, 0.25) is 10.0 Å². The van der Waals surface area contributed by atoms with Gasteiger partial charge in [0.1, 0.15) is 0 Å². The molecule has 0 N–H and O–H groups in total. The number of rotatable bonds is 3. The van der Waals surface area contributed by atoms with Crippen LogP contribution in [-0.4, -0.2) is 18.9 Å². The smallest absolute Gasteiger partial charge is 0.183 e. The van der Waals surface area contributed by atoms with Crippen molar-refractivity contribution in [1.82, 2.24) is 0 Å². The number of hydrogen-bond donors (Lipinski definition) is 0. The summed E-state index contributed by atoms with van der Waals surface area (Å²) in [6, 6.07) is 13.2. The summed E-state index contributed by atoms with van der Waals surface area (Å²) >= 11 is 12.1. The van der Waals surface area contributed by atoms with E-state index in [-0.39, 0.29) is 5.78 Å². The van der Waals surface area contributed by atoms with Crippen LogP contribution >= 0.6 is 23.2 Å². The maximum atomic E-state index is 12.5. The van der Waals surface area contributed by atoms with Crippen molar-refractivity contribution in [2.75, 3.05) is 18.0 Å². The number of aryl methyl sites for hydroxylation is 1. The number of hydrogen-bond acceptors (Lipinski definition) is 2. The molecule has 0 aliphatic carbocycles. The van der Waals surface area contributed by atoms with Crippen molar-refractivity contribution < 1.29 is 4.79 Å². The van der Waals surface area contributed by atoms with Crippen LogP contribution in [-0.2, 0) is 6.42 Å². The number of fused-ring (bicyclic) bond motifs is 1. The molecule has 0 spiro atoms. The predicted octanol–water partition coefficient (Wildman–Crippen LogP) is 4.63. The van der Waals surface area contributed by atoms with Crippen LogP contribution in [0.25, 0.3) is 0 Å². The molecular weight excluding hydrogens is 305 g/mol. The van der Waals surface area contributed by atoms with Crippen LogP contribution in [0.1, 0.15) is 22.3 Å². The van der Waals surface area contributed by atoms with Crippen LogP contribution in [0.4, 0.5) is 5.69 Å². The third kappa shape index (κ3) is 3.07. The molecule has 0 saturated carbocycles. The van der Waals surface area contributed by atoms with E-state index in [2.05, 4.69) is 17.0 Å². The third-order valence-corrected chi connectivity index (χ3v) is 4.33. The molecule has 1 aliphatic rings. The number of benzene rings is 2. The van der Waals surface area contributed by atoms with Gasteiger partial charge in [0.2, 0.25) is 0 Å². The van der Waals surface area contributed by atoms with Crippen LogP contribution in [0.15, 0.2) is 42.5 Å². The van der Waals surface area contributed by atoms with Gasteiger partial charge in [0.15, 0.2) is 5.78 Å². The molecule has 0 aromatic heterocycles. The lowest BCUT2D eigenvalue weighted by atomic mass is 10.0.